The fraction of sp³-hybridized carbons (Fsp3) is 0.0769. The van der Waals surface area contributed by atoms with Gasteiger partial charge in [0.05, 0.1) is 4.53 Å². The van der Waals surface area contributed by atoms with Crippen LogP contribution in [0.2, 0.25) is 0 Å². The van der Waals surface area contributed by atoms with Crippen molar-refractivity contribution >= 4 is 44.3 Å². The molecule has 0 saturated carbocycles. The summed E-state index contributed by atoms with van der Waals surface area (Å²) >= 11 is 4.58. The predicted molar refractivity (Wildman–Crippen MR) is 81.4 cm³/mol. The van der Waals surface area contributed by atoms with E-state index >= 15 is 0 Å². The first kappa shape index (κ1) is 13.9. The Hall–Kier alpha value is -2.06. The first-order valence-corrected chi connectivity index (χ1v) is 7.48. The molecule has 0 aliphatic rings. The quantitative estimate of drug-likeness (QED) is 0.506. The molecule has 0 aliphatic heterocycles. The number of hydrogen-bond donors (Lipinski definition) is 0. The van der Waals surface area contributed by atoms with Crippen LogP contribution in [-0.4, -0.2) is 20.6 Å². The maximum atomic E-state index is 12.1. The zero-order valence-electron chi connectivity index (χ0n) is 10.7. The average molecular weight is 366 g/mol. The summed E-state index contributed by atoms with van der Waals surface area (Å²) in [5.41, 5.74) is 0.377. The van der Waals surface area contributed by atoms with E-state index in [9.17, 15) is 9.59 Å². The minimum Gasteiger partial charge on any atom is -0.426 e. The lowest BCUT2D eigenvalue weighted by Crippen LogP contribution is -2.23. The van der Waals surface area contributed by atoms with Gasteiger partial charge in [0.1, 0.15) is 12.1 Å². The van der Waals surface area contributed by atoms with Crippen LogP contribution in [0.25, 0.3) is 11.0 Å². The summed E-state index contributed by atoms with van der Waals surface area (Å²) < 4.78 is 7.66. The molecule has 0 N–H and O–H groups in total. The van der Waals surface area contributed by atoms with Gasteiger partial charge < -0.3 is 4.74 Å². The van der Waals surface area contributed by atoms with Crippen LogP contribution in [-0.2, 0) is 4.79 Å². The zero-order valence-corrected chi connectivity index (χ0v) is 13.1. The molecule has 6 nitrogen and oxygen atoms in total. The van der Waals surface area contributed by atoms with Crippen molar-refractivity contribution in [1.82, 2.24) is 14.6 Å². The van der Waals surface area contributed by atoms with E-state index in [1.54, 1.807) is 24.3 Å². The van der Waals surface area contributed by atoms with E-state index in [-0.39, 0.29) is 5.56 Å². The Labute approximate surface area is 130 Å². The van der Waals surface area contributed by atoms with Crippen LogP contribution in [0.3, 0.4) is 0 Å². The van der Waals surface area contributed by atoms with Gasteiger partial charge in [-0.1, -0.05) is 27.3 Å². The molecule has 0 saturated heterocycles. The second-order valence-corrected chi connectivity index (χ2v) is 6.07. The Kier molecular flexibility index (Phi) is 3.56. The van der Waals surface area contributed by atoms with Crippen molar-refractivity contribution in [3.05, 3.63) is 49.4 Å². The molecule has 1 aromatic carbocycles. The molecule has 0 fully saturated rings. The third-order valence-electron chi connectivity index (χ3n) is 2.63. The summed E-state index contributed by atoms with van der Waals surface area (Å²) in [6.07, 6.45) is 2.99. The highest BCUT2D eigenvalue weighted by molar-refractivity contribution is 9.10. The van der Waals surface area contributed by atoms with Gasteiger partial charge in [-0.15, -0.1) is 0 Å². The molecule has 3 aromatic rings. The highest BCUT2D eigenvalue weighted by atomic mass is 79.9. The number of carbonyl (C=O) groups excluding carboxylic acids is 1. The summed E-state index contributed by atoms with van der Waals surface area (Å²) in [4.78, 5) is 27.8. The minimum absolute atomic E-state index is 0.249. The molecule has 0 unspecified atom stereocenters. The molecule has 0 atom stereocenters. The largest absolute Gasteiger partial charge is 0.426 e. The smallest absolute Gasteiger partial charge is 0.308 e. The van der Waals surface area contributed by atoms with Crippen LogP contribution in [0.1, 0.15) is 12.5 Å². The third kappa shape index (κ3) is 2.72. The predicted octanol–water partition coefficient (Wildman–Crippen LogP) is 1.39. The topological polar surface area (TPSA) is 73.6 Å². The Balaban J connectivity index is 2.19. The van der Waals surface area contributed by atoms with E-state index < -0.39 is 5.97 Å². The lowest BCUT2D eigenvalue weighted by molar-refractivity contribution is -0.131. The number of ether oxygens (including phenoxy) is 1. The molecule has 0 aliphatic carbocycles. The van der Waals surface area contributed by atoms with Gasteiger partial charge in [0.15, 0.2) is 0 Å². The average Bonchev–Trinajstić information content (AvgIpc) is 2.97. The first-order chi connectivity index (χ1) is 10.0. The highest BCUT2D eigenvalue weighted by Gasteiger charge is 2.09. The van der Waals surface area contributed by atoms with Gasteiger partial charge in [-0.05, 0) is 24.3 Å². The van der Waals surface area contributed by atoms with E-state index in [1.807, 2.05) is 0 Å². The van der Waals surface area contributed by atoms with E-state index in [1.165, 1.54) is 29.1 Å². The van der Waals surface area contributed by atoms with Crippen molar-refractivity contribution in [2.45, 2.75) is 6.92 Å². The highest BCUT2D eigenvalue weighted by Crippen LogP contribution is 2.24. The molecule has 2 aromatic heterocycles. The molecule has 3 rings (SSSR count). The zero-order chi connectivity index (χ0) is 15.0. The van der Waals surface area contributed by atoms with Crippen molar-refractivity contribution in [3.8, 4) is 5.75 Å². The number of rotatable bonds is 2. The van der Waals surface area contributed by atoms with Crippen LogP contribution < -0.4 is 14.8 Å². The second-order valence-electron chi connectivity index (χ2n) is 4.15. The number of aromatic nitrogens is 3. The molecular weight excluding hydrogens is 358 g/mol. The Morgan fingerprint density at radius 2 is 2.29 bits per heavy atom. The molecule has 0 bridgehead atoms. The van der Waals surface area contributed by atoms with Crippen molar-refractivity contribution in [3.63, 3.8) is 0 Å². The van der Waals surface area contributed by atoms with Crippen LogP contribution in [0.4, 0.5) is 0 Å². The maximum Gasteiger partial charge on any atom is 0.308 e. The monoisotopic (exact) mass is 365 g/mol. The lowest BCUT2D eigenvalue weighted by atomic mass is 10.2. The number of nitrogens with zero attached hydrogens (tertiary/aromatic N) is 3. The van der Waals surface area contributed by atoms with Crippen molar-refractivity contribution in [1.29, 1.82) is 0 Å². The number of benzene rings is 1. The Morgan fingerprint density at radius 1 is 1.48 bits per heavy atom. The minimum atomic E-state index is -0.419. The summed E-state index contributed by atoms with van der Waals surface area (Å²) in [5.74, 6) is -0.0268. The van der Waals surface area contributed by atoms with Crippen LogP contribution in [0, 0.1) is 0 Å². The van der Waals surface area contributed by atoms with Gasteiger partial charge in [0.25, 0.3) is 5.56 Å². The van der Waals surface area contributed by atoms with Gasteiger partial charge in [0.2, 0.25) is 4.96 Å². The molecular formula is C13H8BrN3O3S. The van der Waals surface area contributed by atoms with Gasteiger partial charge in [0, 0.05) is 17.0 Å². The van der Waals surface area contributed by atoms with E-state index in [4.69, 9.17) is 4.74 Å². The van der Waals surface area contributed by atoms with Gasteiger partial charge >= 0.3 is 5.97 Å². The molecule has 0 spiro atoms. The summed E-state index contributed by atoms with van der Waals surface area (Å²) in [5, 5.41) is 3.86. The fourth-order valence-electron chi connectivity index (χ4n) is 1.80. The molecule has 0 amide bonds. The van der Waals surface area contributed by atoms with Crippen molar-refractivity contribution in [2.24, 2.45) is 0 Å². The summed E-state index contributed by atoms with van der Waals surface area (Å²) in [7, 11) is 0. The van der Waals surface area contributed by atoms with E-state index in [0.29, 0.717) is 20.8 Å². The SMILES string of the molecule is CC(=O)Oc1ccc(Br)cc1/C=c1\sc2ncnn2c1=O. The number of fused-ring (bicyclic) bond motifs is 1. The van der Waals surface area contributed by atoms with Gasteiger partial charge in [-0.25, -0.2) is 4.98 Å². The van der Waals surface area contributed by atoms with E-state index in [2.05, 4.69) is 26.0 Å². The Morgan fingerprint density at radius 3 is 3.00 bits per heavy atom. The number of hydrogen-bond acceptors (Lipinski definition) is 6. The van der Waals surface area contributed by atoms with Crippen LogP contribution >= 0.6 is 27.3 Å². The third-order valence-corrected chi connectivity index (χ3v) is 4.10. The molecule has 8 heteroatoms. The molecule has 2 heterocycles. The summed E-state index contributed by atoms with van der Waals surface area (Å²) in [6.45, 7) is 1.33. The molecule has 0 radical (unpaired) electrons. The molecule has 21 heavy (non-hydrogen) atoms. The van der Waals surface area contributed by atoms with Gasteiger partial charge in [-0.3, -0.25) is 9.59 Å². The van der Waals surface area contributed by atoms with Crippen molar-refractivity contribution < 1.29 is 9.53 Å². The van der Waals surface area contributed by atoms with Crippen LogP contribution in [0.5, 0.6) is 5.75 Å². The van der Waals surface area contributed by atoms with Crippen LogP contribution in [0.15, 0.2) is 33.8 Å². The number of halogens is 1. The summed E-state index contributed by atoms with van der Waals surface area (Å²) in [6, 6.07) is 5.20. The lowest BCUT2D eigenvalue weighted by Gasteiger charge is -2.05. The first-order valence-electron chi connectivity index (χ1n) is 5.87. The second kappa shape index (κ2) is 5.38. The Bertz CT molecular complexity index is 947. The normalized spacial score (nSPS) is 12.0. The van der Waals surface area contributed by atoms with Gasteiger partial charge in [-0.2, -0.15) is 9.61 Å². The standard InChI is InChI=1S/C13H8BrN3O3S/c1-7(18)20-10-3-2-9(14)4-8(10)5-11-12(19)17-13(21-11)15-6-16-17/h2-6H,1H3/b11-5-. The van der Waals surface area contributed by atoms with Crippen molar-refractivity contribution in [2.75, 3.05) is 0 Å². The molecule has 106 valence electrons. The fourth-order valence-corrected chi connectivity index (χ4v) is 3.05. The van der Waals surface area contributed by atoms with E-state index in [0.717, 1.165) is 4.47 Å². The number of thiazole rings is 1. The number of esters is 1. The number of carbonyl (C=O) groups is 1. The maximum absolute atomic E-state index is 12.1.